The Morgan fingerprint density at radius 2 is 1.57 bits per heavy atom. The first-order valence-corrected chi connectivity index (χ1v) is 4.11. The lowest BCUT2D eigenvalue weighted by Crippen LogP contribution is -2.38. The van der Waals surface area contributed by atoms with E-state index >= 15 is 0 Å². The quantitative estimate of drug-likeness (QED) is 0.644. The molecule has 0 rings (SSSR count). The first-order chi connectivity index (χ1) is 6.11. The number of rotatable bonds is 5. The van der Waals surface area contributed by atoms with E-state index in [-0.39, 0.29) is 0 Å². The minimum Gasteiger partial charge on any atom is -0.371 e. The minimum atomic E-state index is -3.46. The van der Waals surface area contributed by atoms with Crippen LogP contribution in [0.5, 0.6) is 0 Å². The molecule has 0 saturated carbocycles. The Bertz CT molecular complexity index is 241. The van der Waals surface area contributed by atoms with Crippen molar-refractivity contribution in [3.63, 3.8) is 0 Å². The van der Waals surface area contributed by atoms with E-state index in [9.17, 15) is 18.4 Å². The van der Waals surface area contributed by atoms with Crippen molar-refractivity contribution in [1.29, 1.82) is 0 Å². The molecule has 0 aromatic heterocycles. The van der Waals surface area contributed by atoms with E-state index in [4.69, 9.17) is 4.74 Å². The molecule has 0 N–H and O–H groups in total. The van der Waals surface area contributed by atoms with Crippen LogP contribution in [0.15, 0.2) is 0 Å². The molecule has 0 bridgehead atoms. The Morgan fingerprint density at radius 3 is 1.86 bits per heavy atom. The van der Waals surface area contributed by atoms with Crippen LogP contribution >= 0.6 is 0 Å². The van der Waals surface area contributed by atoms with Gasteiger partial charge in [0.1, 0.15) is 5.60 Å². The third-order valence-electron chi connectivity index (χ3n) is 1.99. The second-order valence-electron chi connectivity index (χ2n) is 3.63. The number of carbonyl (C=O) groups excluding carboxylic acids is 2. The fourth-order valence-corrected chi connectivity index (χ4v) is 0.628. The molecule has 0 atom stereocenters. The zero-order valence-electron chi connectivity index (χ0n) is 8.69. The molecule has 0 unspecified atom stereocenters. The molecule has 0 aliphatic heterocycles. The standard InChI is InChI=1S/C9H14F2O3/c1-8(2,14-4)6(12)5-7(13)9(3,10)11/h5H2,1-4H3. The van der Waals surface area contributed by atoms with Crippen LogP contribution in [0.25, 0.3) is 0 Å². The maximum atomic E-state index is 12.4. The third-order valence-corrected chi connectivity index (χ3v) is 1.99. The van der Waals surface area contributed by atoms with Gasteiger partial charge in [-0.3, -0.25) is 9.59 Å². The fourth-order valence-electron chi connectivity index (χ4n) is 0.628. The molecule has 0 saturated heterocycles. The second-order valence-corrected chi connectivity index (χ2v) is 3.63. The van der Waals surface area contributed by atoms with Crippen molar-refractivity contribution in [3.05, 3.63) is 0 Å². The lowest BCUT2D eigenvalue weighted by atomic mass is 9.97. The van der Waals surface area contributed by atoms with Gasteiger partial charge in [-0.15, -0.1) is 0 Å². The predicted octanol–water partition coefficient (Wildman–Crippen LogP) is 1.59. The summed E-state index contributed by atoms with van der Waals surface area (Å²) < 4.78 is 29.6. The number of alkyl halides is 2. The number of Topliss-reactive ketones (excluding diaryl/α,β-unsaturated/α-hetero) is 2. The van der Waals surface area contributed by atoms with Crippen LogP contribution in [0.4, 0.5) is 8.78 Å². The van der Waals surface area contributed by atoms with Crippen LogP contribution in [-0.2, 0) is 14.3 Å². The molecular formula is C9H14F2O3. The maximum absolute atomic E-state index is 12.4. The highest BCUT2D eigenvalue weighted by molar-refractivity contribution is 6.05. The van der Waals surface area contributed by atoms with Gasteiger partial charge in [-0.1, -0.05) is 0 Å². The van der Waals surface area contributed by atoms with E-state index in [0.29, 0.717) is 6.92 Å². The van der Waals surface area contributed by atoms with Crippen LogP contribution in [0.3, 0.4) is 0 Å². The van der Waals surface area contributed by atoms with Gasteiger partial charge in [-0.05, 0) is 13.8 Å². The largest absolute Gasteiger partial charge is 0.371 e. The number of hydrogen-bond acceptors (Lipinski definition) is 3. The van der Waals surface area contributed by atoms with Crippen LogP contribution in [-0.4, -0.2) is 30.2 Å². The Balaban J connectivity index is 4.43. The Morgan fingerprint density at radius 1 is 1.14 bits per heavy atom. The van der Waals surface area contributed by atoms with E-state index in [2.05, 4.69) is 0 Å². The van der Waals surface area contributed by atoms with Crippen LogP contribution < -0.4 is 0 Å². The summed E-state index contributed by atoms with van der Waals surface area (Å²) >= 11 is 0. The summed E-state index contributed by atoms with van der Waals surface area (Å²) in [7, 11) is 1.28. The highest BCUT2D eigenvalue weighted by Crippen LogP contribution is 2.19. The third kappa shape index (κ3) is 3.49. The van der Waals surface area contributed by atoms with Gasteiger partial charge in [0.05, 0.1) is 6.42 Å². The Kier molecular flexibility index (Phi) is 3.88. The minimum absolute atomic E-state index is 0.475. The predicted molar refractivity (Wildman–Crippen MR) is 46.3 cm³/mol. The zero-order valence-corrected chi connectivity index (χ0v) is 8.69. The average molecular weight is 208 g/mol. The number of carbonyl (C=O) groups is 2. The smallest absolute Gasteiger partial charge is 0.302 e. The molecule has 0 aliphatic carbocycles. The number of methoxy groups -OCH3 is 1. The monoisotopic (exact) mass is 208 g/mol. The maximum Gasteiger partial charge on any atom is 0.302 e. The van der Waals surface area contributed by atoms with Crippen molar-refractivity contribution in [2.24, 2.45) is 0 Å². The van der Waals surface area contributed by atoms with Gasteiger partial charge in [0.25, 0.3) is 0 Å². The zero-order chi connectivity index (χ0) is 11.6. The summed E-state index contributed by atoms with van der Waals surface area (Å²) in [4.78, 5) is 22.1. The first kappa shape index (κ1) is 13.2. The van der Waals surface area contributed by atoms with Gasteiger partial charge >= 0.3 is 5.92 Å². The number of ketones is 2. The van der Waals surface area contributed by atoms with Crippen molar-refractivity contribution in [2.75, 3.05) is 7.11 Å². The Labute approximate surface area is 81.4 Å². The number of hydrogen-bond donors (Lipinski definition) is 0. The summed E-state index contributed by atoms with van der Waals surface area (Å²) in [6.45, 7) is 3.33. The molecule has 0 fully saturated rings. The molecule has 0 spiro atoms. The Hall–Kier alpha value is -0.840. The fraction of sp³-hybridized carbons (Fsp3) is 0.778. The topological polar surface area (TPSA) is 43.4 Å². The van der Waals surface area contributed by atoms with Crippen molar-refractivity contribution in [3.8, 4) is 0 Å². The van der Waals surface area contributed by atoms with E-state index in [1.54, 1.807) is 0 Å². The van der Waals surface area contributed by atoms with Crippen LogP contribution in [0.2, 0.25) is 0 Å². The molecular weight excluding hydrogens is 194 g/mol. The summed E-state index contributed by atoms with van der Waals surface area (Å²) in [5, 5.41) is 0. The average Bonchev–Trinajstić information content (AvgIpc) is 2.02. The van der Waals surface area contributed by atoms with E-state index in [1.165, 1.54) is 21.0 Å². The van der Waals surface area contributed by atoms with Gasteiger partial charge in [-0.25, -0.2) is 0 Å². The van der Waals surface area contributed by atoms with Gasteiger partial charge in [-0.2, -0.15) is 8.78 Å². The molecule has 5 heteroatoms. The SMILES string of the molecule is COC(C)(C)C(=O)CC(=O)C(C)(F)F. The lowest BCUT2D eigenvalue weighted by molar-refractivity contribution is -0.149. The van der Waals surface area contributed by atoms with Crippen molar-refractivity contribution < 1.29 is 23.1 Å². The van der Waals surface area contributed by atoms with Crippen LogP contribution in [0.1, 0.15) is 27.2 Å². The molecule has 0 aromatic rings. The molecule has 14 heavy (non-hydrogen) atoms. The molecule has 0 amide bonds. The normalized spacial score (nSPS) is 12.7. The summed E-state index contributed by atoms with van der Waals surface area (Å²) in [6, 6.07) is 0. The van der Waals surface area contributed by atoms with Gasteiger partial charge in [0, 0.05) is 14.0 Å². The summed E-state index contributed by atoms with van der Waals surface area (Å²) in [6.07, 6.45) is -0.801. The van der Waals surface area contributed by atoms with Gasteiger partial charge in [0.15, 0.2) is 5.78 Å². The van der Waals surface area contributed by atoms with E-state index < -0.39 is 29.5 Å². The van der Waals surface area contributed by atoms with Crippen molar-refractivity contribution >= 4 is 11.6 Å². The highest BCUT2D eigenvalue weighted by Gasteiger charge is 2.37. The van der Waals surface area contributed by atoms with Crippen LogP contribution in [0, 0.1) is 0 Å². The van der Waals surface area contributed by atoms with E-state index in [1.807, 2.05) is 0 Å². The number of halogens is 2. The van der Waals surface area contributed by atoms with Gasteiger partial charge < -0.3 is 4.74 Å². The summed E-state index contributed by atoms with van der Waals surface area (Å²) in [5.41, 5.74) is -1.19. The molecule has 0 aliphatic rings. The molecule has 0 heterocycles. The molecule has 3 nitrogen and oxygen atoms in total. The first-order valence-electron chi connectivity index (χ1n) is 4.11. The molecule has 0 aromatic carbocycles. The molecule has 82 valence electrons. The lowest BCUT2D eigenvalue weighted by Gasteiger charge is -2.21. The summed E-state index contributed by atoms with van der Waals surface area (Å²) in [5.74, 6) is -5.49. The second kappa shape index (κ2) is 4.13. The highest BCUT2D eigenvalue weighted by atomic mass is 19.3. The number of ether oxygens (including phenoxy) is 1. The van der Waals surface area contributed by atoms with E-state index in [0.717, 1.165) is 0 Å². The van der Waals surface area contributed by atoms with Crippen molar-refractivity contribution in [1.82, 2.24) is 0 Å². The van der Waals surface area contributed by atoms with Gasteiger partial charge in [0.2, 0.25) is 5.78 Å². The van der Waals surface area contributed by atoms with Crippen molar-refractivity contribution in [2.45, 2.75) is 38.7 Å². The molecule has 0 radical (unpaired) electrons.